The predicted octanol–water partition coefficient (Wildman–Crippen LogP) is 21.3. The summed E-state index contributed by atoms with van der Waals surface area (Å²) in [4.78, 5) is 4.24. The lowest BCUT2D eigenvalue weighted by Crippen LogP contribution is -2.13. The molecule has 9 heteroatoms. The van der Waals surface area contributed by atoms with Gasteiger partial charge >= 0.3 is 12.4 Å². The molecule has 0 aliphatic heterocycles. The lowest BCUT2D eigenvalue weighted by Gasteiger charge is -2.22. The second kappa shape index (κ2) is 19.1. The Balaban J connectivity index is 1.25. The van der Waals surface area contributed by atoms with Crippen LogP contribution in [0.1, 0.15) is 55.6 Å². The third-order valence-electron chi connectivity index (χ3n) is 15.4. The van der Waals surface area contributed by atoms with E-state index in [1.807, 2.05) is 113 Å². The monoisotopic (exact) mass is 1060 g/mol. The van der Waals surface area contributed by atoms with Gasteiger partial charge in [0, 0.05) is 32.8 Å². The number of aromatic nitrogens is 2. The van der Waals surface area contributed by atoms with Gasteiger partial charge in [-0.15, -0.1) is 0 Å². The molecule has 3 nitrogen and oxygen atoms in total. The molecule has 0 unspecified atom stereocenters. The summed E-state index contributed by atoms with van der Waals surface area (Å²) in [5, 5.41) is 3.27. The molecule has 12 aromatic rings. The summed E-state index contributed by atoms with van der Waals surface area (Å²) in [6.45, 7) is 25.3. The van der Waals surface area contributed by atoms with E-state index in [-0.39, 0.29) is 28.7 Å². The van der Waals surface area contributed by atoms with Gasteiger partial charge in [-0.3, -0.25) is 0 Å². The lowest BCUT2D eigenvalue weighted by atomic mass is 9.94. The highest BCUT2D eigenvalue weighted by Crippen LogP contribution is 2.49. The second-order valence-corrected chi connectivity index (χ2v) is 21.8. The Morgan fingerprint density at radius 2 is 0.637 bits per heavy atom. The van der Waals surface area contributed by atoms with Crippen molar-refractivity contribution in [1.82, 2.24) is 9.13 Å². The Morgan fingerprint density at radius 3 is 0.938 bits per heavy atom. The Hall–Kier alpha value is -9.13. The molecule has 12 rings (SSSR count). The average molecular weight is 1060 g/mol. The van der Waals surface area contributed by atoms with Crippen LogP contribution in [0.2, 0.25) is 0 Å². The number of benzene rings is 10. The van der Waals surface area contributed by atoms with Gasteiger partial charge in [0.1, 0.15) is 0 Å². The van der Waals surface area contributed by atoms with Gasteiger partial charge in [-0.1, -0.05) is 172 Å². The second-order valence-electron chi connectivity index (χ2n) is 21.8. The number of alkyl halides is 6. The van der Waals surface area contributed by atoms with Crippen molar-refractivity contribution in [2.75, 3.05) is 0 Å². The zero-order valence-corrected chi connectivity index (χ0v) is 45.4. The first-order chi connectivity index (χ1) is 38.1. The Bertz CT molecular complexity index is 4310. The van der Waals surface area contributed by atoms with Crippen molar-refractivity contribution in [2.24, 2.45) is 0 Å². The zero-order valence-electron chi connectivity index (χ0n) is 45.4. The summed E-state index contributed by atoms with van der Waals surface area (Å²) in [5.41, 5.74) is 15.5. The van der Waals surface area contributed by atoms with Crippen molar-refractivity contribution in [3.8, 4) is 67.0 Å². The molecule has 0 aliphatic rings. The van der Waals surface area contributed by atoms with Crippen LogP contribution in [0, 0.1) is 62.0 Å². The summed E-state index contributed by atoms with van der Waals surface area (Å²) < 4.78 is 95.5. The molecule has 0 radical (unpaired) electrons. The molecule has 10 aromatic carbocycles. The molecule has 2 aromatic heterocycles. The van der Waals surface area contributed by atoms with Gasteiger partial charge in [-0.2, -0.15) is 26.3 Å². The van der Waals surface area contributed by atoms with Gasteiger partial charge in [-0.25, -0.2) is 4.85 Å². The molecule has 394 valence electrons. The minimum absolute atomic E-state index is 0.0215. The first-order valence-corrected chi connectivity index (χ1v) is 26.4. The minimum atomic E-state index is -5.24. The summed E-state index contributed by atoms with van der Waals surface area (Å²) in [6, 6.07) is 54.6. The molecule has 2 heterocycles. The van der Waals surface area contributed by atoms with Gasteiger partial charge in [0.25, 0.3) is 0 Å². The van der Waals surface area contributed by atoms with Crippen molar-refractivity contribution < 1.29 is 26.3 Å². The first kappa shape index (κ1) is 51.6. The zero-order chi connectivity index (χ0) is 56.3. The molecule has 0 saturated heterocycles. The number of aryl methyl sites for hydroxylation is 8. The molecule has 0 amide bonds. The van der Waals surface area contributed by atoms with Crippen molar-refractivity contribution in [2.45, 2.75) is 67.7 Å². The SMILES string of the molecule is [C-]#[N+]c1cc(-n2c3cc(-c4cc(C)cc(C)c4)ccc3c3ccc(-c4cc(C)cc(C)c4)cc32)c(-c2ccc(C(F)(F)F)cc2C(F)(F)F)cc1-n1c2cc(-c3cc(C)cc(C)c3)ccc2c2ccc(-c3cc(C)cc(C)c3)cc21. The Kier molecular flexibility index (Phi) is 12.3. The molecule has 0 aliphatic carbocycles. The fourth-order valence-corrected chi connectivity index (χ4v) is 12.3. The largest absolute Gasteiger partial charge is 0.417 e. The van der Waals surface area contributed by atoms with E-state index in [4.69, 9.17) is 6.57 Å². The standard InChI is InChI=1S/C71H53F6N3/c1-39-20-40(2)25-51(24-39)47-10-15-57-58-16-11-48(52-26-41(3)21-42(4)27-52)33-65(58)79(64(57)32-47)68-38-63(78-9)69(37-61(68)56-19-14-55(70(72,73)74)36-62(56)71(75,76)77)80-66-34-49(53-28-43(5)22-44(6)29-53)12-17-59(66)60-18-13-50(35-67(60)80)54-30-45(7)23-46(8)31-54/h10-38H,1-8H3. The quantitative estimate of drug-likeness (QED) is 0.112. The maximum Gasteiger partial charge on any atom is 0.417 e. The Labute approximate surface area is 460 Å². The van der Waals surface area contributed by atoms with Crippen LogP contribution in [0.5, 0.6) is 0 Å². The maximum atomic E-state index is 15.9. The normalized spacial score (nSPS) is 12.1. The third-order valence-corrected chi connectivity index (χ3v) is 15.4. The van der Waals surface area contributed by atoms with Crippen molar-refractivity contribution >= 4 is 49.3 Å². The van der Waals surface area contributed by atoms with Crippen LogP contribution in [0.25, 0.3) is 115 Å². The van der Waals surface area contributed by atoms with E-state index >= 15 is 13.2 Å². The topological polar surface area (TPSA) is 14.2 Å². The maximum absolute atomic E-state index is 15.9. The smallest absolute Gasteiger partial charge is 0.319 e. The minimum Gasteiger partial charge on any atom is -0.319 e. The highest BCUT2D eigenvalue weighted by atomic mass is 19.4. The highest BCUT2D eigenvalue weighted by Gasteiger charge is 2.39. The fourth-order valence-electron chi connectivity index (χ4n) is 12.3. The number of hydrogen-bond donors (Lipinski definition) is 0. The fraction of sp³-hybridized carbons (Fsp3) is 0.141. The van der Waals surface area contributed by atoms with E-state index in [9.17, 15) is 13.2 Å². The van der Waals surface area contributed by atoms with Crippen LogP contribution >= 0.6 is 0 Å². The van der Waals surface area contributed by atoms with Gasteiger partial charge in [-0.05, 0) is 154 Å². The van der Waals surface area contributed by atoms with Crippen LogP contribution in [0.15, 0.2) is 176 Å². The average Bonchev–Trinajstić information content (AvgIpc) is 3.95. The number of rotatable bonds is 7. The van der Waals surface area contributed by atoms with Crippen molar-refractivity contribution in [3.63, 3.8) is 0 Å². The summed E-state index contributed by atoms with van der Waals surface area (Å²) in [6.07, 6.45) is -10.3. The van der Waals surface area contributed by atoms with E-state index in [0.29, 0.717) is 28.1 Å². The van der Waals surface area contributed by atoms with E-state index in [1.54, 1.807) is 12.1 Å². The van der Waals surface area contributed by atoms with Crippen LogP contribution in [-0.4, -0.2) is 9.13 Å². The predicted molar refractivity (Wildman–Crippen MR) is 316 cm³/mol. The summed E-state index contributed by atoms with van der Waals surface area (Å²) >= 11 is 0. The van der Waals surface area contributed by atoms with E-state index in [1.165, 1.54) is 0 Å². The van der Waals surface area contributed by atoms with Crippen LogP contribution in [-0.2, 0) is 12.4 Å². The molecular formula is C71H53F6N3. The third kappa shape index (κ3) is 9.18. The summed E-state index contributed by atoms with van der Waals surface area (Å²) in [7, 11) is 0. The number of hydrogen-bond acceptors (Lipinski definition) is 0. The van der Waals surface area contributed by atoms with Crippen molar-refractivity contribution in [1.29, 1.82) is 0 Å². The van der Waals surface area contributed by atoms with Gasteiger partial charge in [0.15, 0.2) is 0 Å². The van der Waals surface area contributed by atoms with E-state index < -0.39 is 29.0 Å². The van der Waals surface area contributed by atoms with Gasteiger partial charge < -0.3 is 9.13 Å². The van der Waals surface area contributed by atoms with Crippen LogP contribution in [0.4, 0.5) is 32.0 Å². The molecule has 0 saturated carbocycles. The number of fused-ring (bicyclic) bond motifs is 6. The molecule has 80 heavy (non-hydrogen) atoms. The molecule has 0 N–H and O–H groups in total. The van der Waals surface area contributed by atoms with Crippen molar-refractivity contribution in [3.05, 3.63) is 243 Å². The lowest BCUT2D eigenvalue weighted by molar-refractivity contribution is -0.142. The molecular weight excluding hydrogens is 1010 g/mol. The molecule has 0 fully saturated rings. The number of halogens is 6. The molecule has 0 spiro atoms. The number of nitrogens with zero attached hydrogens (tertiary/aromatic N) is 3. The molecule has 0 atom stereocenters. The highest BCUT2D eigenvalue weighted by molar-refractivity contribution is 6.14. The van der Waals surface area contributed by atoms with E-state index in [2.05, 4.69) is 102 Å². The van der Waals surface area contributed by atoms with Crippen LogP contribution < -0.4 is 0 Å². The summed E-state index contributed by atoms with van der Waals surface area (Å²) in [5.74, 6) is 0. The Morgan fingerprint density at radius 1 is 0.312 bits per heavy atom. The first-order valence-electron chi connectivity index (χ1n) is 26.4. The molecule has 0 bridgehead atoms. The van der Waals surface area contributed by atoms with Gasteiger partial charge in [0.05, 0.1) is 45.5 Å². The van der Waals surface area contributed by atoms with E-state index in [0.717, 1.165) is 117 Å². The van der Waals surface area contributed by atoms with Gasteiger partial charge in [0.2, 0.25) is 5.69 Å². The van der Waals surface area contributed by atoms with Crippen LogP contribution in [0.3, 0.4) is 0 Å².